The molecule has 6 nitrogen and oxygen atoms in total. The van der Waals surface area contributed by atoms with Gasteiger partial charge in [0.15, 0.2) is 0 Å². The Bertz CT molecular complexity index is 332. The third-order valence-electron chi connectivity index (χ3n) is 2.13. The van der Waals surface area contributed by atoms with Crippen molar-refractivity contribution in [3.05, 3.63) is 0 Å². The number of carbonyl (C=O) groups is 3. The number of amides is 3. The highest BCUT2D eigenvalue weighted by Gasteiger charge is 2.41. The van der Waals surface area contributed by atoms with Gasteiger partial charge < -0.3 is 10.5 Å². The van der Waals surface area contributed by atoms with Crippen LogP contribution in [0, 0.1) is 0 Å². The molecular weight excluding hydrogens is 212 g/mol. The molecule has 0 aromatic rings. The average Bonchev–Trinajstić information content (AvgIpc) is 2.43. The van der Waals surface area contributed by atoms with E-state index in [9.17, 15) is 14.4 Å². The van der Waals surface area contributed by atoms with Crippen molar-refractivity contribution < 1.29 is 19.1 Å². The molecule has 0 aliphatic carbocycles. The van der Waals surface area contributed by atoms with Gasteiger partial charge in [-0.1, -0.05) is 0 Å². The number of carbonyl (C=O) groups excluding carboxylic acids is 3. The standard InChI is InChI=1S/C10H16N2O4/c1-10(2,3)16-9(15)12-6(8(11)14)4-5-7(12)13/h6H,4-5H2,1-3H3,(H2,11,14). The van der Waals surface area contributed by atoms with Crippen LogP contribution >= 0.6 is 0 Å². The minimum atomic E-state index is -0.873. The van der Waals surface area contributed by atoms with Gasteiger partial charge in [0.25, 0.3) is 0 Å². The predicted molar refractivity (Wildman–Crippen MR) is 55.3 cm³/mol. The number of ether oxygens (including phenoxy) is 1. The van der Waals surface area contributed by atoms with E-state index in [0.29, 0.717) is 0 Å². The lowest BCUT2D eigenvalue weighted by Gasteiger charge is -2.25. The topological polar surface area (TPSA) is 89.7 Å². The smallest absolute Gasteiger partial charge is 0.417 e. The van der Waals surface area contributed by atoms with Crippen LogP contribution in [0.2, 0.25) is 0 Å². The van der Waals surface area contributed by atoms with Gasteiger partial charge >= 0.3 is 6.09 Å². The molecule has 1 fully saturated rings. The number of nitrogens with two attached hydrogens (primary N) is 1. The first-order chi connectivity index (χ1) is 7.22. The van der Waals surface area contributed by atoms with E-state index < -0.39 is 29.6 Å². The third kappa shape index (κ3) is 2.71. The van der Waals surface area contributed by atoms with Gasteiger partial charge in [-0.05, 0) is 27.2 Å². The van der Waals surface area contributed by atoms with Crippen LogP contribution in [-0.4, -0.2) is 34.5 Å². The second-order valence-corrected chi connectivity index (χ2v) is 4.70. The predicted octanol–water partition coefficient (Wildman–Crippen LogP) is 0.398. The zero-order valence-corrected chi connectivity index (χ0v) is 9.65. The molecule has 1 rings (SSSR count). The summed E-state index contributed by atoms with van der Waals surface area (Å²) in [5.41, 5.74) is 4.41. The number of rotatable bonds is 1. The molecule has 0 bridgehead atoms. The van der Waals surface area contributed by atoms with E-state index in [4.69, 9.17) is 10.5 Å². The second kappa shape index (κ2) is 4.11. The molecule has 1 aliphatic heterocycles. The summed E-state index contributed by atoms with van der Waals surface area (Å²) in [4.78, 5) is 35.0. The van der Waals surface area contributed by atoms with Crippen molar-refractivity contribution in [1.29, 1.82) is 0 Å². The lowest BCUT2D eigenvalue weighted by molar-refractivity contribution is -0.133. The minimum absolute atomic E-state index is 0.146. The van der Waals surface area contributed by atoms with Gasteiger partial charge in [-0.15, -0.1) is 0 Å². The molecule has 0 saturated carbocycles. The van der Waals surface area contributed by atoms with E-state index in [1.54, 1.807) is 20.8 Å². The molecule has 1 unspecified atom stereocenters. The van der Waals surface area contributed by atoms with Crippen molar-refractivity contribution in [1.82, 2.24) is 4.90 Å². The summed E-state index contributed by atoms with van der Waals surface area (Å²) in [7, 11) is 0. The van der Waals surface area contributed by atoms with Crippen LogP contribution in [0.1, 0.15) is 33.6 Å². The highest BCUT2D eigenvalue weighted by atomic mass is 16.6. The second-order valence-electron chi connectivity index (χ2n) is 4.70. The van der Waals surface area contributed by atoms with Gasteiger partial charge in [0, 0.05) is 6.42 Å². The minimum Gasteiger partial charge on any atom is -0.443 e. The Morgan fingerprint density at radius 2 is 2.00 bits per heavy atom. The highest BCUT2D eigenvalue weighted by molar-refractivity contribution is 6.00. The van der Waals surface area contributed by atoms with Gasteiger partial charge in [-0.2, -0.15) is 0 Å². The largest absolute Gasteiger partial charge is 0.443 e. The molecule has 3 amide bonds. The zero-order valence-electron chi connectivity index (χ0n) is 9.65. The Balaban J connectivity index is 2.80. The summed E-state index contributed by atoms with van der Waals surface area (Å²) >= 11 is 0. The van der Waals surface area contributed by atoms with Gasteiger partial charge in [0.05, 0.1) is 0 Å². The molecule has 1 aliphatic rings. The van der Waals surface area contributed by atoms with E-state index in [0.717, 1.165) is 4.90 Å². The molecule has 90 valence electrons. The molecule has 0 aromatic heterocycles. The molecule has 1 heterocycles. The summed E-state index contributed by atoms with van der Waals surface area (Å²) in [6, 6.07) is -0.873. The van der Waals surface area contributed by atoms with Crippen LogP contribution in [-0.2, 0) is 14.3 Å². The zero-order chi connectivity index (χ0) is 12.5. The lowest BCUT2D eigenvalue weighted by atomic mass is 10.2. The van der Waals surface area contributed by atoms with Gasteiger partial charge in [-0.25, -0.2) is 9.69 Å². The normalized spacial score (nSPS) is 21.1. The van der Waals surface area contributed by atoms with Crippen molar-refractivity contribution in [2.24, 2.45) is 5.73 Å². The van der Waals surface area contributed by atoms with E-state index in [1.807, 2.05) is 0 Å². The van der Waals surface area contributed by atoms with Crippen molar-refractivity contribution in [2.45, 2.75) is 45.3 Å². The van der Waals surface area contributed by atoms with Crippen LogP contribution < -0.4 is 5.73 Å². The summed E-state index contributed by atoms with van der Waals surface area (Å²) in [6.45, 7) is 5.06. The maximum absolute atomic E-state index is 11.7. The first-order valence-corrected chi connectivity index (χ1v) is 5.07. The molecule has 0 aromatic carbocycles. The maximum Gasteiger partial charge on any atom is 0.417 e. The Hall–Kier alpha value is -1.59. The number of likely N-dealkylation sites (tertiary alicyclic amines) is 1. The third-order valence-corrected chi connectivity index (χ3v) is 2.13. The number of imide groups is 1. The fourth-order valence-electron chi connectivity index (χ4n) is 1.49. The summed E-state index contributed by atoms with van der Waals surface area (Å²) in [5.74, 6) is -1.10. The average molecular weight is 228 g/mol. The van der Waals surface area contributed by atoms with Crippen molar-refractivity contribution in [2.75, 3.05) is 0 Å². The first-order valence-electron chi connectivity index (χ1n) is 5.07. The molecule has 1 saturated heterocycles. The Labute approximate surface area is 93.7 Å². The SMILES string of the molecule is CC(C)(C)OC(=O)N1C(=O)CCC1C(N)=O. The van der Waals surface area contributed by atoms with Gasteiger partial charge in [0.2, 0.25) is 11.8 Å². The maximum atomic E-state index is 11.7. The van der Waals surface area contributed by atoms with Crippen molar-refractivity contribution in [3.8, 4) is 0 Å². The molecule has 2 N–H and O–H groups in total. The number of primary amides is 1. The van der Waals surface area contributed by atoms with E-state index in [1.165, 1.54) is 0 Å². The van der Waals surface area contributed by atoms with Crippen LogP contribution in [0.3, 0.4) is 0 Å². The highest BCUT2D eigenvalue weighted by Crippen LogP contribution is 2.21. The first kappa shape index (κ1) is 12.5. The molecule has 0 radical (unpaired) electrons. The van der Waals surface area contributed by atoms with E-state index >= 15 is 0 Å². The van der Waals surface area contributed by atoms with Crippen LogP contribution in [0.15, 0.2) is 0 Å². The quantitative estimate of drug-likeness (QED) is 0.703. The summed E-state index contributed by atoms with van der Waals surface area (Å²) in [5, 5.41) is 0. The fourth-order valence-corrected chi connectivity index (χ4v) is 1.49. The molecule has 1 atom stereocenters. The van der Waals surface area contributed by atoms with Crippen molar-refractivity contribution >= 4 is 17.9 Å². The van der Waals surface area contributed by atoms with Crippen LogP contribution in [0.4, 0.5) is 4.79 Å². The number of hydrogen-bond donors (Lipinski definition) is 1. The number of hydrogen-bond acceptors (Lipinski definition) is 4. The molecule has 0 spiro atoms. The number of nitrogens with zero attached hydrogens (tertiary/aromatic N) is 1. The van der Waals surface area contributed by atoms with Gasteiger partial charge in [-0.3, -0.25) is 9.59 Å². The van der Waals surface area contributed by atoms with Gasteiger partial charge in [0.1, 0.15) is 11.6 Å². The molecule has 6 heteroatoms. The molecular formula is C10H16N2O4. The van der Waals surface area contributed by atoms with Crippen LogP contribution in [0.25, 0.3) is 0 Å². The fraction of sp³-hybridized carbons (Fsp3) is 0.700. The Kier molecular flexibility index (Phi) is 3.21. The summed E-state index contributed by atoms with van der Waals surface area (Å²) < 4.78 is 5.03. The van der Waals surface area contributed by atoms with Crippen LogP contribution in [0.5, 0.6) is 0 Å². The van der Waals surface area contributed by atoms with E-state index in [2.05, 4.69) is 0 Å². The van der Waals surface area contributed by atoms with Crippen molar-refractivity contribution in [3.63, 3.8) is 0 Å². The summed E-state index contributed by atoms with van der Waals surface area (Å²) in [6.07, 6.45) is -0.390. The van der Waals surface area contributed by atoms with E-state index in [-0.39, 0.29) is 12.8 Å². The Morgan fingerprint density at radius 1 is 1.44 bits per heavy atom. The Morgan fingerprint density at radius 3 is 2.44 bits per heavy atom. The monoisotopic (exact) mass is 228 g/mol. The lowest BCUT2D eigenvalue weighted by Crippen LogP contribution is -2.47. The molecule has 16 heavy (non-hydrogen) atoms.